The zero-order valence-corrected chi connectivity index (χ0v) is 13.8. The van der Waals surface area contributed by atoms with Crippen molar-refractivity contribution in [1.29, 1.82) is 0 Å². The van der Waals surface area contributed by atoms with Gasteiger partial charge in [-0.1, -0.05) is 32.0 Å². The van der Waals surface area contributed by atoms with Gasteiger partial charge in [-0.3, -0.25) is 0 Å². The van der Waals surface area contributed by atoms with E-state index < -0.39 is 0 Å². The zero-order valence-electron chi connectivity index (χ0n) is 13.8. The van der Waals surface area contributed by atoms with Crippen LogP contribution in [0.25, 0.3) is 0 Å². The molecule has 0 fully saturated rings. The molecule has 2 atom stereocenters. The number of hydrogen-bond acceptors (Lipinski definition) is 3. The highest BCUT2D eigenvalue weighted by Crippen LogP contribution is 2.36. The smallest absolute Gasteiger partial charge is 0.122 e. The van der Waals surface area contributed by atoms with Crippen LogP contribution in [-0.4, -0.2) is 44.2 Å². The van der Waals surface area contributed by atoms with Gasteiger partial charge in [-0.25, -0.2) is 0 Å². The van der Waals surface area contributed by atoms with Crippen molar-refractivity contribution in [2.24, 2.45) is 0 Å². The quantitative estimate of drug-likeness (QED) is 0.795. The van der Waals surface area contributed by atoms with E-state index in [0.717, 1.165) is 31.9 Å². The Morgan fingerprint density at radius 3 is 2.76 bits per heavy atom. The highest BCUT2D eigenvalue weighted by molar-refractivity contribution is 5.37. The Balaban J connectivity index is 1.93. The van der Waals surface area contributed by atoms with Crippen LogP contribution in [-0.2, 0) is 0 Å². The number of ether oxygens (including phenoxy) is 1. The number of benzene rings is 1. The molecule has 21 heavy (non-hydrogen) atoms. The molecule has 1 aliphatic rings. The van der Waals surface area contributed by atoms with Crippen LogP contribution >= 0.6 is 0 Å². The lowest BCUT2D eigenvalue weighted by Gasteiger charge is -2.30. The Morgan fingerprint density at radius 1 is 1.29 bits per heavy atom. The second-order valence-electron chi connectivity index (χ2n) is 5.91. The lowest BCUT2D eigenvalue weighted by molar-refractivity contribution is 0.244. The minimum absolute atomic E-state index is 0.585. The molecule has 0 aromatic heterocycles. The molecule has 1 heterocycles. The van der Waals surface area contributed by atoms with E-state index in [1.54, 1.807) is 0 Å². The first-order valence-electron chi connectivity index (χ1n) is 8.39. The summed E-state index contributed by atoms with van der Waals surface area (Å²) in [6.45, 7) is 8.82. The van der Waals surface area contributed by atoms with E-state index in [9.17, 15) is 0 Å². The van der Waals surface area contributed by atoms with Crippen molar-refractivity contribution in [2.75, 3.05) is 33.3 Å². The van der Waals surface area contributed by atoms with Gasteiger partial charge in [-0.05, 0) is 63.5 Å². The molecule has 2 rings (SSSR count). The number of para-hydroxylation sites is 1. The van der Waals surface area contributed by atoms with Gasteiger partial charge in [-0.15, -0.1) is 0 Å². The molecular weight excluding hydrogens is 260 g/mol. The molecule has 1 aromatic rings. The van der Waals surface area contributed by atoms with Crippen molar-refractivity contribution in [2.45, 2.75) is 45.1 Å². The maximum atomic E-state index is 5.77. The van der Waals surface area contributed by atoms with Gasteiger partial charge in [-0.2, -0.15) is 0 Å². The van der Waals surface area contributed by atoms with E-state index in [1.165, 1.54) is 24.9 Å². The number of fused-ring (bicyclic) bond motifs is 1. The maximum absolute atomic E-state index is 5.77. The third-order valence-corrected chi connectivity index (χ3v) is 4.75. The largest absolute Gasteiger partial charge is 0.493 e. The number of rotatable bonds is 8. The first-order valence-corrected chi connectivity index (χ1v) is 8.39. The van der Waals surface area contributed by atoms with E-state index in [2.05, 4.69) is 55.4 Å². The summed E-state index contributed by atoms with van der Waals surface area (Å²) in [5.74, 6) is 1.72. The molecule has 0 bridgehead atoms. The number of nitrogens with zero attached hydrogens (tertiary/aromatic N) is 1. The van der Waals surface area contributed by atoms with Gasteiger partial charge >= 0.3 is 0 Å². The lowest BCUT2D eigenvalue weighted by Crippen LogP contribution is -2.34. The molecule has 3 nitrogen and oxygen atoms in total. The molecule has 1 aromatic carbocycles. The summed E-state index contributed by atoms with van der Waals surface area (Å²) >= 11 is 0. The van der Waals surface area contributed by atoms with Crippen LogP contribution in [0.3, 0.4) is 0 Å². The van der Waals surface area contributed by atoms with Gasteiger partial charge in [0.25, 0.3) is 0 Å². The average molecular weight is 290 g/mol. The minimum atomic E-state index is 0.585. The highest BCUT2D eigenvalue weighted by atomic mass is 16.5. The van der Waals surface area contributed by atoms with Crippen molar-refractivity contribution < 1.29 is 4.74 Å². The fourth-order valence-corrected chi connectivity index (χ4v) is 3.26. The van der Waals surface area contributed by atoms with E-state index >= 15 is 0 Å². The molecule has 3 heteroatoms. The second-order valence-corrected chi connectivity index (χ2v) is 5.91. The predicted octanol–water partition coefficient (Wildman–Crippen LogP) is 3.26. The molecule has 118 valence electrons. The molecule has 0 radical (unpaired) electrons. The van der Waals surface area contributed by atoms with Gasteiger partial charge in [0.05, 0.1) is 6.61 Å². The highest BCUT2D eigenvalue weighted by Gasteiger charge is 2.23. The Labute approximate surface area is 129 Å². The van der Waals surface area contributed by atoms with E-state index in [0.29, 0.717) is 12.0 Å². The molecule has 0 saturated carbocycles. The molecule has 1 aliphatic heterocycles. The van der Waals surface area contributed by atoms with Crippen molar-refractivity contribution in [1.82, 2.24) is 10.2 Å². The number of nitrogens with one attached hydrogen (secondary N) is 1. The lowest BCUT2D eigenvalue weighted by atomic mass is 9.86. The standard InChI is InChI=1S/C18H30N2O/c1-4-20(5-2)12-10-16(19-3)14-15-11-13-21-18-9-7-6-8-17(15)18/h6-9,15-16,19H,4-5,10-14H2,1-3H3. The van der Waals surface area contributed by atoms with Gasteiger partial charge in [0.15, 0.2) is 0 Å². The molecule has 0 saturated heterocycles. The van der Waals surface area contributed by atoms with Gasteiger partial charge < -0.3 is 15.0 Å². The average Bonchev–Trinajstić information content (AvgIpc) is 2.54. The van der Waals surface area contributed by atoms with Crippen molar-refractivity contribution in [3.63, 3.8) is 0 Å². The Kier molecular flexibility index (Phi) is 6.52. The van der Waals surface area contributed by atoms with Crippen LogP contribution in [0.15, 0.2) is 24.3 Å². The molecule has 0 aliphatic carbocycles. The van der Waals surface area contributed by atoms with Gasteiger partial charge in [0.1, 0.15) is 5.75 Å². The van der Waals surface area contributed by atoms with Crippen molar-refractivity contribution in [3.05, 3.63) is 29.8 Å². The summed E-state index contributed by atoms with van der Waals surface area (Å²) in [7, 11) is 2.10. The van der Waals surface area contributed by atoms with Gasteiger partial charge in [0, 0.05) is 6.04 Å². The summed E-state index contributed by atoms with van der Waals surface area (Å²) < 4.78 is 5.77. The molecular formula is C18H30N2O. The van der Waals surface area contributed by atoms with Crippen LogP contribution in [0.5, 0.6) is 5.75 Å². The molecule has 1 N–H and O–H groups in total. The van der Waals surface area contributed by atoms with E-state index in [-0.39, 0.29) is 0 Å². The third kappa shape index (κ3) is 4.45. The molecule has 0 spiro atoms. The maximum Gasteiger partial charge on any atom is 0.122 e. The number of hydrogen-bond donors (Lipinski definition) is 1. The predicted molar refractivity (Wildman–Crippen MR) is 89.2 cm³/mol. The SMILES string of the molecule is CCN(CC)CCC(CC1CCOc2ccccc21)NC. The van der Waals surface area contributed by atoms with Crippen LogP contribution in [0, 0.1) is 0 Å². The first-order chi connectivity index (χ1) is 10.3. The normalized spacial score (nSPS) is 19.1. The summed E-state index contributed by atoms with van der Waals surface area (Å²) in [6.07, 6.45) is 3.57. The van der Waals surface area contributed by atoms with Crippen LogP contribution in [0.4, 0.5) is 0 Å². The molecule has 2 unspecified atom stereocenters. The fourth-order valence-electron chi connectivity index (χ4n) is 3.26. The second kappa shape index (κ2) is 8.40. The summed E-state index contributed by atoms with van der Waals surface area (Å²) in [4.78, 5) is 2.50. The Hall–Kier alpha value is -1.06. The van der Waals surface area contributed by atoms with Crippen molar-refractivity contribution in [3.8, 4) is 5.75 Å². The Bertz CT molecular complexity index is 417. The summed E-state index contributed by atoms with van der Waals surface area (Å²) in [6, 6.07) is 9.12. The van der Waals surface area contributed by atoms with E-state index in [1.807, 2.05) is 0 Å². The summed E-state index contributed by atoms with van der Waals surface area (Å²) in [5.41, 5.74) is 1.40. The zero-order chi connectivity index (χ0) is 15.1. The fraction of sp³-hybridized carbons (Fsp3) is 0.667. The van der Waals surface area contributed by atoms with Crippen molar-refractivity contribution >= 4 is 0 Å². The third-order valence-electron chi connectivity index (χ3n) is 4.75. The van der Waals surface area contributed by atoms with E-state index in [4.69, 9.17) is 4.74 Å². The minimum Gasteiger partial charge on any atom is -0.493 e. The topological polar surface area (TPSA) is 24.5 Å². The summed E-state index contributed by atoms with van der Waals surface area (Å²) in [5, 5.41) is 3.52. The monoisotopic (exact) mass is 290 g/mol. The van der Waals surface area contributed by atoms with Crippen LogP contribution in [0.2, 0.25) is 0 Å². The van der Waals surface area contributed by atoms with Gasteiger partial charge in [0.2, 0.25) is 0 Å². The molecule has 0 amide bonds. The Morgan fingerprint density at radius 2 is 2.05 bits per heavy atom. The first kappa shape index (κ1) is 16.3. The van der Waals surface area contributed by atoms with Crippen LogP contribution in [0.1, 0.15) is 44.6 Å². The van der Waals surface area contributed by atoms with Crippen LogP contribution < -0.4 is 10.1 Å².